The fourth-order valence-electron chi connectivity index (χ4n) is 4.06. The lowest BCUT2D eigenvalue weighted by Gasteiger charge is -2.20. The molecule has 158 valence electrons. The van der Waals surface area contributed by atoms with Crippen LogP contribution in [0.5, 0.6) is 5.75 Å². The molecule has 32 heavy (non-hydrogen) atoms. The maximum Gasteiger partial charge on any atom is 0.257 e. The van der Waals surface area contributed by atoms with Crippen molar-refractivity contribution in [2.45, 2.75) is 12.8 Å². The van der Waals surface area contributed by atoms with Gasteiger partial charge in [-0.15, -0.1) is 0 Å². The van der Waals surface area contributed by atoms with Crippen molar-refractivity contribution in [2.24, 2.45) is 0 Å². The Morgan fingerprint density at radius 2 is 1.84 bits per heavy atom. The third kappa shape index (κ3) is 3.44. The van der Waals surface area contributed by atoms with Crippen molar-refractivity contribution in [3.63, 3.8) is 0 Å². The highest BCUT2D eigenvalue weighted by molar-refractivity contribution is 6.34. The average Bonchev–Trinajstić information content (AvgIpc) is 3.19. The molecule has 2 N–H and O–H groups in total. The molecule has 7 heteroatoms. The number of aromatic hydroxyl groups is 1. The van der Waals surface area contributed by atoms with E-state index < -0.39 is 0 Å². The van der Waals surface area contributed by atoms with Gasteiger partial charge in [-0.25, -0.2) is 4.68 Å². The van der Waals surface area contributed by atoms with E-state index in [4.69, 9.17) is 11.6 Å². The van der Waals surface area contributed by atoms with Crippen LogP contribution in [0.1, 0.15) is 32.0 Å². The fraction of sp³-hybridized carbons (Fsp3) is 0.0800. The number of fused-ring (bicyclic) bond motifs is 3. The van der Waals surface area contributed by atoms with E-state index in [2.05, 4.69) is 10.4 Å². The average molecular weight is 444 g/mol. The molecule has 1 aliphatic rings. The minimum atomic E-state index is -0.299. The molecule has 4 aromatic rings. The van der Waals surface area contributed by atoms with Crippen LogP contribution in [0.15, 0.2) is 66.7 Å². The van der Waals surface area contributed by atoms with Gasteiger partial charge >= 0.3 is 0 Å². The fourth-order valence-corrected chi connectivity index (χ4v) is 4.28. The SMILES string of the molecule is O=Cc1nn(-c2ccc(O)cc2)c2c1CCc1ccc(NC(=O)c3ccccc3Cl)cc1-2. The standard InChI is InChI=1S/C25H18ClN3O3/c26-22-4-2-1-3-19(22)25(32)27-16-7-5-15-6-12-20-23(14-30)28-29(24(20)21(15)13-16)17-8-10-18(31)11-9-17/h1-5,7-11,13-14,31H,6,12H2,(H,27,32). The predicted molar refractivity (Wildman–Crippen MR) is 123 cm³/mol. The normalized spacial score (nSPS) is 12.0. The Bertz CT molecular complexity index is 1360. The largest absolute Gasteiger partial charge is 0.508 e. The molecule has 6 nitrogen and oxygen atoms in total. The van der Waals surface area contributed by atoms with Gasteiger partial charge in [0.05, 0.1) is 22.0 Å². The summed E-state index contributed by atoms with van der Waals surface area (Å²) >= 11 is 6.16. The number of phenols is 1. The van der Waals surface area contributed by atoms with Crippen LogP contribution in [0.2, 0.25) is 5.02 Å². The van der Waals surface area contributed by atoms with Gasteiger partial charge in [0.1, 0.15) is 11.4 Å². The lowest BCUT2D eigenvalue weighted by Crippen LogP contribution is -2.13. The van der Waals surface area contributed by atoms with Crippen molar-refractivity contribution in [2.75, 3.05) is 5.32 Å². The number of aryl methyl sites for hydroxylation is 1. The Morgan fingerprint density at radius 3 is 2.59 bits per heavy atom. The zero-order valence-electron chi connectivity index (χ0n) is 16.9. The molecule has 0 bridgehead atoms. The summed E-state index contributed by atoms with van der Waals surface area (Å²) in [5.74, 6) is -0.150. The second-order valence-corrected chi connectivity index (χ2v) is 7.97. The molecule has 1 aromatic heterocycles. The zero-order chi connectivity index (χ0) is 22.2. The van der Waals surface area contributed by atoms with Gasteiger partial charge in [0.25, 0.3) is 5.91 Å². The number of hydrogen-bond donors (Lipinski definition) is 2. The summed E-state index contributed by atoms with van der Waals surface area (Å²) in [5, 5.41) is 17.5. The number of aldehydes is 1. The molecule has 5 rings (SSSR count). The number of hydrogen-bond acceptors (Lipinski definition) is 4. The topological polar surface area (TPSA) is 84.2 Å². The van der Waals surface area contributed by atoms with Gasteiger partial charge in [-0.2, -0.15) is 5.10 Å². The van der Waals surface area contributed by atoms with Gasteiger partial charge in [0.2, 0.25) is 0 Å². The number of benzene rings is 3. The van der Waals surface area contributed by atoms with Crippen molar-refractivity contribution < 1.29 is 14.7 Å². The van der Waals surface area contributed by atoms with Crippen LogP contribution in [-0.2, 0) is 12.8 Å². The number of anilines is 1. The van der Waals surface area contributed by atoms with Crippen LogP contribution in [0, 0.1) is 0 Å². The van der Waals surface area contributed by atoms with Crippen LogP contribution in [0.25, 0.3) is 16.9 Å². The van der Waals surface area contributed by atoms with Crippen molar-refractivity contribution in [1.82, 2.24) is 9.78 Å². The highest BCUT2D eigenvalue weighted by atomic mass is 35.5. The van der Waals surface area contributed by atoms with Gasteiger partial charge in [-0.1, -0.05) is 29.8 Å². The van der Waals surface area contributed by atoms with Gasteiger partial charge < -0.3 is 10.4 Å². The molecule has 0 unspecified atom stereocenters. The van der Waals surface area contributed by atoms with E-state index in [1.54, 1.807) is 53.2 Å². The number of phenolic OH excluding ortho intramolecular Hbond substituents is 1. The summed E-state index contributed by atoms with van der Waals surface area (Å²) < 4.78 is 1.72. The third-order valence-electron chi connectivity index (χ3n) is 5.61. The van der Waals surface area contributed by atoms with E-state index in [1.807, 2.05) is 18.2 Å². The highest BCUT2D eigenvalue weighted by Gasteiger charge is 2.26. The first kappa shape index (κ1) is 20.0. The van der Waals surface area contributed by atoms with Crippen LogP contribution in [-0.4, -0.2) is 27.1 Å². The summed E-state index contributed by atoms with van der Waals surface area (Å²) in [5.41, 5.74) is 5.82. The molecule has 0 aliphatic heterocycles. The van der Waals surface area contributed by atoms with E-state index in [0.29, 0.717) is 28.4 Å². The van der Waals surface area contributed by atoms with Crippen molar-refractivity contribution in [1.29, 1.82) is 0 Å². The quantitative estimate of drug-likeness (QED) is 0.432. The lowest BCUT2D eigenvalue weighted by molar-refractivity contribution is 0.102. The molecule has 1 heterocycles. The predicted octanol–water partition coefficient (Wildman–Crippen LogP) is 5.06. The third-order valence-corrected chi connectivity index (χ3v) is 5.94. The molecule has 1 aliphatic carbocycles. The van der Waals surface area contributed by atoms with Crippen LogP contribution in [0.3, 0.4) is 0 Å². The first-order valence-electron chi connectivity index (χ1n) is 10.1. The Labute approximate surface area is 189 Å². The second-order valence-electron chi connectivity index (χ2n) is 7.56. The number of aromatic nitrogens is 2. The molecule has 0 saturated carbocycles. The summed E-state index contributed by atoms with van der Waals surface area (Å²) in [6, 6.07) is 19.3. The second kappa shape index (κ2) is 7.98. The molecule has 0 atom stereocenters. The van der Waals surface area contributed by atoms with E-state index in [-0.39, 0.29) is 11.7 Å². The summed E-state index contributed by atoms with van der Waals surface area (Å²) in [4.78, 5) is 24.4. The van der Waals surface area contributed by atoms with Gasteiger partial charge in [-0.3, -0.25) is 9.59 Å². The molecule has 0 saturated heterocycles. The van der Waals surface area contributed by atoms with Crippen molar-refractivity contribution >= 4 is 29.5 Å². The summed E-state index contributed by atoms with van der Waals surface area (Å²) in [6.45, 7) is 0. The molecular weight excluding hydrogens is 426 g/mol. The molecular formula is C25H18ClN3O3. The van der Waals surface area contributed by atoms with Gasteiger partial charge in [-0.05, 0) is 66.9 Å². The van der Waals surface area contributed by atoms with Gasteiger partial charge in [0.15, 0.2) is 6.29 Å². The molecule has 0 spiro atoms. The first-order chi connectivity index (χ1) is 15.5. The molecule has 3 aromatic carbocycles. The first-order valence-corrected chi connectivity index (χ1v) is 10.5. The van der Waals surface area contributed by atoms with Crippen molar-refractivity contribution in [3.05, 3.63) is 94.1 Å². The Kier molecular flexibility index (Phi) is 4.99. The Hall–Kier alpha value is -3.90. The lowest BCUT2D eigenvalue weighted by atomic mass is 9.88. The number of halogens is 1. The van der Waals surface area contributed by atoms with Gasteiger partial charge in [0, 0.05) is 16.8 Å². The molecule has 1 amide bonds. The van der Waals surface area contributed by atoms with Crippen LogP contribution in [0.4, 0.5) is 5.69 Å². The number of nitrogens with zero attached hydrogens (tertiary/aromatic N) is 2. The minimum Gasteiger partial charge on any atom is -0.508 e. The minimum absolute atomic E-state index is 0.148. The number of nitrogens with one attached hydrogen (secondary N) is 1. The number of rotatable bonds is 4. The summed E-state index contributed by atoms with van der Waals surface area (Å²) in [7, 11) is 0. The zero-order valence-corrected chi connectivity index (χ0v) is 17.6. The Morgan fingerprint density at radius 1 is 1.06 bits per heavy atom. The molecule has 0 fully saturated rings. The van der Waals surface area contributed by atoms with E-state index >= 15 is 0 Å². The van der Waals surface area contributed by atoms with Crippen LogP contribution >= 0.6 is 11.6 Å². The molecule has 0 radical (unpaired) electrons. The van der Waals surface area contributed by atoms with Crippen molar-refractivity contribution in [3.8, 4) is 22.7 Å². The Balaban J connectivity index is 1.59. The number of carbonyl (C=O) groups excluding carboxylic acids is 2. The van der Waals surface area contributed by atoms with E-state index in [9.17, 15) is 14.7 Å². The monoisotopic (exact) mass is 443 g/mol. The summed E-state index contributed by atoms with van der Waals surface area (Å²) in [6.07, 6.45) is 2.23. The highest BCUT2D eigenvalue weighted by Crippen LogP contribution is 2.38. The maximum absolute atomic E-state index is 12.7. The van der Waals surface area contributed by atoms with Crippen LogP contribution < -0.4 is 5.32 Å². The van der Waals surface area contributed by atoms with E-state index in [0.717, 1.165) is 40.8 Å². The number of carbonyl (C=O) groups is 2. The smallest absolute Gasteiger partial charge is 0.257 e. The van der Waals surface area contributed by atoms with E-state index in [1.165, 1.54) is 0 Å². The maximum atomic E-state index is 12.7. The number of amides is 1.